The predicted molar refractivity (Wildman–Crippen MR) is 104 cm³/mol. The van der Waals surface area contributed by atoms with Crippen LogP contribution in [0.15, 0.2) is 35.5 Å². The molecule has 140 valence electrons. The van der Waals surface area contributed by atoms with Crippen LogP contribution in [0.1, 0.15) is 50.0 Å². The summed E-state index contributed by atoms with van der Waals surface area (Å²) in [5.74, 6) is 1.24. The summed E-state index contributed by atoms with van der Waals surface area (Å²) < 4.78 is 2.21. The van der Waals surface area contributed by atoms with E-state index in [1.54, 1.807) is 11.8 Å². The average Bonchev–Trinajstić information content (AvgIpc) is 3.11. The van der Waals surface area contributed by atoms with Crippen molar-refractivity contribution in [3.8, 4) is 0 Å². The molecule has 0 aliphatic carbocycles. The first-order valence-corrected chi connectivity index (χ1v) is 10.4. The number of aromatic nitrogens is 3. The lowest BCUT2D eigenvalue weighted by Crippen LogP contribution is -2.45. The highest BCUT2D eigenvalue weighted by Crippen LogP contribution is 2.30. The van der Waals surface area contributed by atoms with Crippen molar-refractivity contribution < 1.29 is 4.79 Å². The van der Waals surface area contributed by atoms with Crippen molar-refractivity contribution in [2.75, 3.05) is 19.3 Å². The third kappa shape index (κ3) is 4.20. The van der Waals surface area contributed by atoms with Crippen molar-refractivity contribution in [1.82, 2.24) is 25.0 Å². The maximum atomic E-state index is 12.6. The van der Waals surface area contributed by atoms with Gasteiger partial charge in [0.15, 0.2) is 5.16 Å². The molecular formula is C19H27N5OS. The van der Waals surface area contributed by atoms with Gasteiger partial charge >= 0.3 is 6.03 Å². The number of benzene rings is 1. The number of hydrogen-bond acceptors (Lipinski definition) is 4. The Bertz CT molecular complexity index is 731. The number of hydrogen-bond donors (Lipinski definition) is 1. The van der Waals surface area contributed by atoms with Gasteiger partial charge in [-0.2, -0.15) is 0 Å². The molecule has 6 nitrogen and oxygen atoms in total. The van der Waals surface area contributed by atoms with Gasteiger partial charge in [0.1, 0.15) is 5.82 Å². The molecule has 2 heterocycles. The molecule has 26 heavy (non-hydrogen) atoms. The molecule has 2 aromatic rings. The first-order valence-electron chi connectivity index (χ1n) is 9.15. The Morgan fingerprint density at radius 1 is 1.31 bits per heavy atom. The minimum Gasteiger partial charge on any atom is -0.334 e. The quantitative estimate of drug-likeness (QED) is 0.812. The predicted octanol–water partition coefficient (Wildman–Crippen LogP) is 3.67. The Hall–Kier alpha value is -2.02. The van der Waals surface area contributed by atoms with E-state index in [0.717, 1.165) is 35.9 Å². The van der Waals surface area contributed by atoms with E-state index >= 15 is 0 Å². The molecule has 7 heteroatoms. The zero-order chi connectivity index (χ0) is 18.5. The molecule has 1 N–H and O–H groups in total. The number of nitrogens with one attached hydrogen (secondary N) is 1. The number of rotatable bonds is 5. The number of likely N-dealkylation sites (tertiary alicyclic amines) is 1. The molecule has 1 fully saturated rings. The molecule has 3 rings (SSSR count). The van der Waals surface area contributed by atoms with Gasteiger partial charge in [-0.05, 0) is 38.5 Å². The summed E-state index contributed by atoms with van der Waals surface area (Å²) in [4.78, 5) is 14.5. The van der Waals surface area contributed by atoms with Crippen LogP contribution in [-0.2, 0) is 6.54 Å². The third-order valence-corrected chi connectivity index (χ3v) is 5.39. The van der Waals surface area contributed by atoms with E-state index < -0.39 is 0 Å². The van der Waals surface area contributed by atoms with Crippen LogP contribution in [0.25, 0.3) is 0 Å². The molecule has 0 saturated carbocycles. The Labute approximate surface area is 159 Å². The number of carbonyl (C=O) groups excluding carboxylic acids is 1. The minimum atomic E-state index is -0.000690. The van der Waals surface area contributed by atoms with Gasteiger partial charge in [0, 0.05) is 31.6 Å². The van der Waals surface area contributed by atoms with E-state index in [9.17, 15) is 4.79 Å². The second-order valence-electron chi connectivity index (χ2n) is 6.94. The van der Waals surface area contributed by atoms with Crippen LogP contribution >= 0.6 is 11.8 Å². The smallest absolute Gasteiger partial charge is 0.317 e. The molecule has 1 atom stereocenters. The summed E-state index contributed by atoms with van der Waals surface area (Å²) in [6.07, 6.45) is 4.06. The average molecular weight is 374 g/mol. The molecule has 0 bridgehead atoms. The molecule has 1 aromatic carbocycles. The summed E-state index contributed by atoms with van der Waals surface area (Å²) >= 11 is 1.62. The van der Waals surface area contributed by atoms with Crippen molar-refractivity contribution in [3.05, 3.63) is 41.7 Å². The maximum Gasteiger partial charge on any atom is 0.317 e. The summed E-state index contributed by atoms with van der Waals surface area (Å²) in [6.45, 7) is 6.35. The number of nitrogens with zero attached hydrogens (tertiary/aromatic N) is 4. The summed E-state index contributed by atoms with van der Waals surface area (Å²) in [6, 6.07) is 10.3. The maximum absolute atomic E-state index is 12.6. The van der Waals surface area contributed by atoms with Gasteiger partial charge in [0.25, 0.3) is 0 Å². The fourth-order valence-corrected chi connectivity index (χ4v) is 4.07. The highest BCUT2D eigenvalue weighted by Gasteiger charge is 2.29. The van der Waals surface area contributed by atoms with Crippen LogP contribution in [-0.4, -0.2) is 45.0 Å². The SMILES string of the molecule is CSc1nnc([C@H]2CCCN(C(=O)NCc3ccccc3)C2)n1C(C)C. The molecule has 0 unspecified atom stereocenters. The van der Waals surface area contributed by atoms with Gasteiger partial charge in [-0.1, -0.05) is 42.1 Å². The van der Waals surface area contributed by atoms with Crippen molar-refractivity contribution in [2.24, 2.45) is 0 Å². The molecule has 0 radical (unpaired) electrons. The fraction of sp³-hybridized carbons (Fsp3) is 0.526. The van der Waals surface area contributed by atoms with E-state index in [1.807, 2.05) is 41.5 Å². The summed E-state index contributed by atoms with van der Waals surface area (Å²) in [7, 11) is 0. The number of thioether (sulfide) groups is 1. The van der Waals surface area contributed by atoms with Gasteiger partial charge in [0.05, 0.1) is 0 Å². The lowest BCUT2D eigenvalue weighted by Gasteiger charge is -2.33. The standard InChI is InChI=1S/C19H27N5OS/c1-14(2)24-17(21-22-19(24)26-3)16-10-7-11-23(13-16)18(25)20-12-15-8-5-4-6-9-15/h4-6,8-9,14,16H,7,10-13H2,1-3H3,(H,20,25)/t16-/m0/s1. The van der Waals surface area contributed by atoms with Crippen LogP contribution in [0.5, 0.6) is 0 Å². The Morgan fingerprint density at radius 3 is 2.77 bits per heavy atom. The second kappa shape index (κ2) is 8.58. The molecular weight excluding hydrogens is 346 g/mol. The Morgan fingerprint density at radius 2 is 2.08 bits per heavy atom. The molecule has 1 saturated heterocycles. The third-order valence-electron chi connectivity index (χ3n) is 4.75. The zero-order valence-electron chi connectivity index (χ0n) is 15.7. The summed E-state index contributed by atoms with van der Waals surface area (Å²) in [5.41, 5.74) is 1.11. The van der Waals surface area contributed by atoms with Crippen molar-refractivity contribution in [1.29, 1.82) is 0 Å². The molecule has 1 aliphatic rings. The monoisotopic (exact) mass is 373 g/mol. The number of amides is 2. The van der Waals surface area contributed by atoms with Gasteiger partial charge < -0.3 is 14.8 Å². The number of piperidine rings is 1. The normalized spacial score (nSPS) is 17.5. The van der Waals surface area contributed by atoms with E-state index in [2.05, 4.69) is 33.9 Å². The minimum absolute atomic E-state index is 0.000690. The van der Waals surface area contributed by atoms with Crippen LogP contribution in [0.3, 0.4) is 0 Å². The van der Waals surface area contributed by atoms with Gasteiger partial charge in [0.2, 0.25) is 0 Å². The van der Waals surface area contributed by atoms with E-state index in [1.165, 1.54) is 0 Å². The topological polar surface area (TPSA) is 63.1 Å². The first kappa shape index (κ1) is 18.8. The lowest BCUT2D eigenvalue weighted by molar-refractivity contribution is 0.176. The second-order valence-corrected chi connectivity index (χ2v) is 7.71. The van der Waals surface area contributed by atoms with E-state index in [4.69, 9.17) is 0 Å². The highest BCUT2D eigenvalue weighted by molar-refractivity contribution is 7.98. The lowest BCUT2D eigenvalue weighted by atomic mass is 9.97. The number of urea groups is 1. The Balaban J connectivity index is 1.66. The Kier molecular flexibility index (Phi) is 6.19. The van der Waals surface area contributed by atoms with Crippen LogP contribution in [0.4, 0.5) is 4.79 Å². The molecule has 2 amide bonds. The molecule has 1 aliphatic heterocycles. The van der Waals surface area contributed by atoms with Gasteiger partial charge in [-0.15, -0.1) is 10.2 Å². The van der Waals surface area contributed by atoms with Gasteiger partial charge in [-0.3, -0.25) is 0 Å². The van der Waals surface area contributed by atoms with Crippen LogP contribution in [0, 0.1) is 0 Å². The molecule has 0 spiro atoms. The fourth-order valence-electron chi connectivity index (χ4n) is 3.45. The first-order chi connectivity index (χ1) is 12.6. The summed E-state index contributed by atoms with van der Waals surface area (Å²) in [5, 5.41) is 12.8. The van der Waals surface area contributed by atoms with Gasteiger partial charge in [-0.25, -0.2) is 4.79 Å². The van der Waals surface area contributed by atoms with Crippen molar-refractivity contribution in [3.63, 3.8) is 0 Å². The van der Waals surface area contributed by atoms with Crippen LogP contribution < -0.4 is 5.32 Å². The van der Waals surface area contributed by atoms with Crippen LogP contribution in [0.2, 0.25) is 0 Å². The van der Waals surface area contributed by atoms with Crippen molar-refractivity contribution >= 4 is 17.8 Å². The zero-order valence-corrected chi connectivity index (χ0v) is 16.5. The van der Waals surface area contributed by atoms with E-state index in [0.29, 0.717) is 19.1 Å². The number of carbonyl (C=O) groups is 1. The molecule has 1 aromatic heterocycles. The largest absolute Gasteiger partial charge is 0.334 e. The van der Waals surface area contributed by atoms with Crippen molar-refractivity contribution in [2.45, 2.75) is 50.4 Å². The van der Waals surface area contributed by atoms with E-state index in [-0.39, 0.29) is 11.9 Å². The highest BCUT2D eigenvalue weighted by atomic mass is 32.2.